The molecule has 0 amide bonds. The lowest BCUT2D eigenvalue weighted by Crippen LogP contribution is -2.36. The summed E-state index contributed by atoms with van der Waals surface area (Å²) in [4.78, 5) is 25.0. The Morgan fingerprint density at radius 1 is 1.39 bits per heavy atom. The largest absolute Gasteiger partial charge is 0.466 e. The molecule has 5 heteroatoms. The SMILES string of the molecule is C=CCC1C(C(=O)OC)=CC(C(=O)OC)=CN1C. The van der Waals surface area contributed by atoms with Crippen molar-refractivity contribution in [3.05, 3.63) is 36.1 Å². The van der Waals surface area contributed by atoms with Crippen LogP contribution < -0.4 is 0 Å². The molecule has 1 aliphatic rings. The van der Waals surface area contributed by atoms with Gasteiger partial charge < -0.3 is 14.4 Å². The van der Waals surface area contributed by atoms with Crippen LogP contribution in [0.2, 0.25) is 0 Å². The van der Waals surface area contributed by atoms with E-state index in [-0.39, 0.29) is 6.04 Å². The zero-order chi connectivity index (χ0) is 13.7. The van der Waals surface area contributed by atoms with E-state index in [1.54, 1.807) is 24.2 Å². The highest BCUT2D eigenvalue weighted by atomic mass is 16.5. The van der Waals surface area contributed by atoms with Crippen LogP contribution in [0.3, 0.4) is 0 Å². The maximum atomic E-state index is 11.7. The van der Waals surface area contributed by atoms with E-state index >= 15 is 0 Å². The van der Waals surface area contributed by atoms with Crippen molar-refractivity contribution in [2.75, 3.05) is 21.3 Å². The van der Waals surface area contributed by atoms with Gasteiger partial charge in [-0.15, -0.1) is 6.58 Å². The van der Waals surface area contributed by atoms with Crippen molar-refractivity contribution in [3.63, 3.8) is 0 Å². The molecular formula is C13H17NO4. The summed E-state index contributed by atoms with van der Waals surface area (Å²) in [5.41, 5.74) is 0.739. The van der Waals surface area contributed by atoms with Crippen LogP contribution in [-0.4, -0.2) is 44.1 Å². The molecule has 0 radical (unpaired) electrons. The average molecular weight is 251 g/mol. The molecule has 0 aromatic heterocycles. The van der Waals surface area contributed by atoms with Gasteiger partial charge in [-0.2, -0.15) is 0 Å². The fourth-order valence-electron chi connectivity index (χ4n) is 1.82. The van der Waals surface area contributed by atoms with Crippen LogP contribution in [0.15, 0.2) is 36.1 Å². The molecule has 0 fully saturated rings. The van der Waals surface area contributed by atoms with Gasteiger partial charge in [0, 0.05) is 13.2 Å². The molecule has 0 saturated heterocycles. The van der Waals surface area contributed by atoms with Gasteiger partial charge >= 0.3 is 11.9 Å². The van der Waals surface area contributed by atoms with E-state index < -0.39 is 11.9 Å². The zero-order valence-corrected chi connectivity index (χ0v) is 10.8. The van der Waals surface area contributed by atoms with E-state index in [4.69, 9.17) is 4.74 Å². The summed E-state index contributed by atoms with van der Waals surface area (Å²) >= 11 is 0. The minimum atomic E-state index is -0.486. The summed E-state index contributed by atoms with van der Waals surface area (Å²) in [7, 11) is 4.39. The molecular weight excluding hydrogens is 234 g/mol. The molecule has 0 aliphatic carbocycles. The first kappa shape index (κ1) is 14.0. The number of ether oxygens (including phenoxy) is 2. The van der Waals surface area contributed by atoms with Crippen LogP contribution in [0.1, 0.15) is 6.42 Å². The van der Waals surface area contributed by atoms with Crippen LogP contribution in [-0.2, 0) is 19.1 Å². The summed E-state index contributed by atoms with van der Waals surface area (Å²) in [5.74, 6) is -0.941. The second-order valence-corrected chi connectivity index (χ2v) is 3.87. The Morgan fingerprint density at radius 2 is 2.00 bits per heavy atom. The lowest BCUT2D eigenvalue weighted by atomic mass is 9.97. The van der Waals surface area contributed by atoms with Crippen LogP contribution >= 0.6 is 0 Å². The predicted molar refractivity (Wildman–Crippen MR) is 66.6 cm³/mol. The highest BCUT2D eigenvalue weighted by molar-refractivity contribution is 5.97. The minimum Gasteiger partial charge on any atom is -0.466 e. The van der Waals surface area contributed by atoms with E-state index in [1.807, 2.05) is 0 Å². The van der Waals surface area contributed by atoms with Crippen LogP contribution in [0, 0.1) is 0 Å². The summed E-state index contributed by atoms with van der Waals surface area (Å²) in [6, 6.07) is -0.177. The Hall–Kier alpha value is -2.04. The molecule has 0 N–H and O–H groups in total. The monoisotopic (exact) mass is 251 g/mol. The molecule has 18 heavy (non-hydrogen) atoms. The van der Waals surface area contributed by atoms with Crippen molar-refractivity contribution in [3.8, 4) is 0 Å². The molecule has 1 unspecified atom stereocenters. The van der Waals surface area contributed by atoms with Gasteiger partial charge in [-0.1, -0.05) is 6.08 Å². The lowest BCUT2D eigenvalue weighted by molar-refractivity contribution is -0.136. The number of carbonyl (C=O) groups is 2. The molecule has 0 saturated carbocycles. The summed E-state index contributed by atoms with van der Waals surface area (Å²) in [5, 5.41) is 0. The topological polar surface area (TPSA) is 55.8 Å². The molecule has 98 valence electrons. The van der Waals surface area contributed by atoms with Crippen molar-refractivity contribution >= 4 is 11.9 Å². The Kier molecular flexibility index (Phi) is 4.71. The minimum absolute atomic E-state index is 0.177. The number of carbonyl (C=O) groups excluding carboxylic acids is 2. The van der Waals surface area contributed by atoms with Crippen molar-refractivity contribution < 1.29 is 19.1 Å². The first-order valence-electron chi connectivity index (χ1n) is 5.48. The van der Waals surface area contributed by atoms with E-state index in [1.165, 1.54) is 20.3 Å². The Bertz CT molecular complexity index is 423. The molecule has 0 aromatic carbocycles. The maximum absolute atomic E-state index is 11.7. The number of hydrogen-bond donors (Lipinski definition) is 0. The quantitative estimate of drug-likeness (QED) is 0.552. The third kappa shape index (κ3) is 2.80. The molecule has 1 heterocycles. The summed E-state index contributed by atoms with van der Waals surface area (Å²) in [6.07, 6.45) is 5.45. The van der Waals surface area contributed by atoms with E-state index in [0.717, 1.165) is 0 Å². The van der Waals surface area contributed by atoms with Gasteiger partial charge in [0.1, 0.15) is 0 Å². The van der Waals surface area contributed by atoms with Gasteiger partial charge in [-0.05, 0) is 12.5 Å². The first-order chi connectivity index (χ1) is 8.54. The Labute approximate surface area is 106 Å². The van der Waals surface area contributed by atoms with Gasteiger partial charge in [0.2, 0.25) is 0 Å². The maximum Gasteiger partial charge on any atom is 0.339 e. The van der Waals surface area contributed by atoms with Crippen molar-refractivity contribution in [2.24, 2.45) is 0 Å². The van der Waals surface area contributed by atoms with E-state index in [9.17, 15) is 9.59 Å². The lowest BCUT2D eigenvalue weighted by Gasteiger charge is -2.31. The fourth-order valence-corrected chi connectivity index (χ4v) is 1.82. The second-order valence-electron chi connectivity index (χ2n) is 3.87. The van der Waals surface area contributed by atoms with Crippen molar-refractivity contribution in [1.29, 1.82) is 0 Å². The number of rotatable bonds is 4. The molecule has 0 aromatic rings. The molecule has 1 rings (SSSR count). The smallest absolute Gasteiger partial charge is 0.339 e. The normalized spacial score (nSPS) is 18.6. The highest BCUT2D eigenvalue weighted by Crippen LogP contribution is 2.23. The number of hydrogen-bond acceptors (Lipinski definition) is 5. The average Bonchev–Trinajstić information content (AvgIpc) is 2.39. The van der Waals surface area contributed by atoms with Gasteiger partial charge in [0.25, 0.3) is 0 Å². The van der Waals surface area contributed by atoms with Crippen LogP contribution in [0.25, 0.3) is 0 Å². The van der Waals surface area contributed by atoms with Gasteiger partial charge in [0.15, 0.2) is 0 Å². The van der Waals surface area contributed by atoms with E-state index in [0.29, 0.717) is 17.6 Å². The molecule has 0 bridgehead atoms. The third-order valence-corrected chi connectivity index (χ3v) is 2.74. The standard InChI is InChI=1S/C13H17NO4/c1-5-6-11-10(13(16)18-4)7-9(8-14(11)2)12(15)17-3/h5,7-8,11H,1,6H2,2-4H3. The summed E-state index contributed by atoms with van der Waals surface area (Å²) < 4.78 is 9.37. The van der Waals surface area contributed by atoms with Crippen molar-refractivity contribution in [1.82, 2.24) is 4.90 Å². The van der Waals surface area contributed by atoms with E-state index in [2.05, 4.69) is 11.3 Å². The molecule has 1 atom stereocenters. The number of methoxy groups -OCH3 is 2. The summed E-state index contributed by atoms with van der Waals surface area (Å²) in [6.45, 7) is 3.66. The second kappa shape index (κ2) is 6.05. The van der Waals surface area contributed by atoms with Crippen LogP contribution in [0.4, 0.5) is 0 Å². The van der Waals surface area contributed by atoms with Crippen molar-refractivity contribution in [2.45, 2.75) is 12.5 Å². The molecule has 0 spiro atoms. The Morgan fingerprint density at radius 3 is 2.50 bits per heavy atom. The Balaban J connectivity index is 3.13. The number of nitrogens with zero attached hydrogens (tertiary/aromatic N) is 1. The fraction of sp³-hybridized carbons (Fsp3) is 0.385. The zero-order valence-electron chi connectivity index (χ0n) is 10.8. The van der Waals surface area contributed by atoms with Gasteiger partial charge in [-0.25, -0.2) is 9.59 Å². The molecule has 5 nitrogen and oxygen atoms in total. The van der Waals surface area contributed by atoms with Gasteiger partial charge in [0.05, 0.1) is 31.4 Å². The highest BCUT2D eigenvalue weighted by Gasteiger charge is 2.28. The number of esters is 2. The first-order valence-corrected chi connectivity index (χ1v) is 5.48. The van der Waals surface area contributed by atoms with Crippen LogP contribution in [0.5, 0.6) is 0 Å². The van der Waals surface area contributed by atoms with Gasteiger partial charge in [-0.3, -0.25) is 0 Å². The number of likely N-dealkylation sites (N-methyl/N-ethyl adjacent to an activating group) is 1. The predicted octanol–water partition coefficient (Wildman–Crippen LogP) is 1.03. The third-order valence-electron chi connectivity index (χ3n) is 2.74. The molecule has 1 aliphatic heterocycles.